The standard InChI is InChI=1S/C13H11BrF3N3O/c1-8-5-11(18-6-9(8)14)19-12(21)10-3-2-4-20(10)7-13(15,16)17/h2-6H,7H2,1H3,(H,18,19,21). The third-order valence-corrected chi connectivity index (χ3v) is 3.53. The largest absolute Gasteiger partial charge is 0.406 e. The van der Waals surface area contributed by atoms with Gasteiger partial charge in [-0.2, -0.15) is 13.2 Å². The van der Waals surface area contributed by atoms with Crippen LogP contribution in [0.15, 0.2) is 35.1 Å². The van der Waals surface area contributed by atoms with E-state index in [4.69, 9.17) is 0 Å². The molecule has 0 bridgehead atoms. The molecule has 0 aliphatic heterocycles. The lowest BCUT2D eigenvalue weighted by Gasteiger charge is -2.12. The molecule has 4 nitrogen and oxygen atoms in total. The highest BCUT2D eigenvalue weighted by Gasteiger charge is 2.29. The summed E-state index contributed by atoms with van der Waals surface area (Å²) in [6.45, 7) is 0.601. The van der Waals surface area contributed by atoms with E-state index < -0.39 is 18.6 Å². The number of amides is 1. The molecule has 1 amide bonds. The molecule has 2 heterocycles. The number of nitrogens with one attached hydrogen (secondary N) is 1. The lowest BCUT2D eigenvalue weighted by molar-refractivity contribution is -0.140. The van der Waals surface area contributed by atoms with Crippen molar-refractivity contribution in [2.45, 2.75) is 19.6 Å². The molecular formula is C13H11BrF3N3O. The lowest BCUT2D eigenvalue weighted by atomic mass is 10.3. The Morgan fingerprint density at radius 2 is 2.19 bits per heavy atom. The number of carbonyl (C=O) groups is 1. The Bertz CT molecular complexity index is 667. The fraction of sp³-hybridized carbons (Fsp3) is 0.231. The molecule has 8 heteroatoms. The van der Waals surface area contributed by atoms with Crippen molar-refractivity contribution in [3.63, 3.8) is 0 Å². The van der Waals surface area contributed by atoms with Crippen LogP contribution >= 0.6 is 15.9 Å². The maximum Gasteiger partial charge on any atom is 0.406 e. The number of hydrogen-bond acceptors (Lipinski definition) is 2. The Morgan fingerprint density at radius 1 is 1.48 bits per heavy atom. The van der Waals surface area contributed by atoms with Gasteiger partial charge in [-0.1, -0.05) is 0 Å². The van der Waals surface area contributed by atoms with Crippen molar-refractivity contribution in [3.8, 4) is 0 Å². The molecule has 0 unspecified atom stereocenters. The minimum Gasteiger partial charge on any atom is -0.334 e. The average molecular weight is 362 g/mol. The first-order valence-electron chi connectivity index (χ1n) is 5.91. The molecule has 0 radical (unpaired) electrons. The fourth-order valence-corrected chi connectivity index (χ4v) is 1.96. The summed E-state index contributed by atoms with van der Waals surface area (Å²) in [5.74, 6) is -0.362. The number of halogens is 4. The minimum absolute atomic E-state index is 0.0744. The molecule has 0 saturated heterocycles. The highest BCUT2D eigenvalue weighted by atomic mass is 79.9. The van der Waals surface area contributed by atoms with E-state index in [1.54, 1.807) is 6.07 Å². The van der Waals surface area contributed by atoms with Gasteiger partial charge in [-0.15, -0.1) is 0 Å². The number of nitrogens with zero attached hydrogens (tertiary/aromatic N) is 2. The molecule has 0 atom stereocenters. The number of carbonyl (C=O) groups excluding carboxylic acids is 1. The van der Waals surface area contributed by atoms with Gasteiger partial charge in [0, 0.05) is 16.9 Å². The zero-order chi connectivity index (χ0) is 15.6. The molecule has 0 aliphatic rings. The lowest BCUT2D eigenvalue weighted by Crippen LogP contribution is -2.23. The normalized spacial score (nSPS) is 11.5. The summed E-state index contributed by atoms with van der Waals surface area (Å²) in [6.07, 6.45) is -1.66. The highest BCUT2D eigenvalue weighted by molar-refractivity contribution is 9.10. The van der Waals surface area contributed by atoms with Gasteiger partial charge in [-0.05, 0) is 46.6 Å². The Morgan fingerprint density at radius 3 is 2.81 bits per heavy atom. The number of rotatable bonds is 3. The first-order chi connectivity index (χ1) is 9.76. The van der Waals surface area contributed by atoms with Gasteiger partial charge >= 0.3 is 6.18 Å². The number of alkyl halides is 3. The summed E-state index contributed by atoms with van der Waals surface area (Å²) >= 11 is 3.27. The number of anilines is 1. The maximum absolute atomic E-state index is 12.4. The molecule has 112 valence electrons. The summed E-state index contributed by atoms with van der Waals surface area (Å²) in [4.78, 5) is 16.0. The quantitative estimate of drug-likeness (QED) is 0.904. The smallest absolute Gasteiger partial charge is 0.334 e. The second-order valence-corrected chi connectivity index (χ2v) is 5.26. The van der Waals surface area contributed by atoms with E-state index in [2.05, 4.69) is 26.2 Å². The number of pyridine rings is 1. The van der Waals surface area contributed by atoms with Crippen molar-refractivity contribution in [1.82, 2.24) is 9.55 Å². The van der Waals surface area contributed by atoms with Crippen LogP contribution in [0.2, 0.25) is 0 Å². The summed E-state index contributed by atoms with van der Waals surface area (Å²) in [6, 6.07) is 4.34. The topological polar surface area (TPSA) is 46.9 Å². The molecule has 2 aromatic heterocycles. The van der Waals surface area contributed by atoms with E-state index in [0.29, 0.717) is 0 Å². The summed E-state index contributed by atoms with van der Waals surface area (Å²) in [7, 11) is 0. The number of aromatic nitrogens is 2. The van der Waals surface area contributed by atoms with E-state index >= 15 is 0 Å². The average Bonchev–Trinajstić information content (AvgIpc) is 2.79. The van der Waals surface area contributed by atoms with Crippen LogP contribution in [0.1, 0.15) is 16.1 Å². The van der Waals surface area contributed by atoms with Gasteiger partial charge in [0.1, 0.15) is 18.1 Å². The Hall–Kier alpha value is -1.83. The summed E-state index contributed by atoms with van der Waals surface area (Å²) < 4.78 is 38.9. The maximum atomic E-state index is 12.4. The number of aryl methyl sites for hydroxylation is 1. The zero-order valence-corrected chi connectivity index (χ0v) is 12.5. The molecule has 0 aliphatic carbocycles. The van der Waals surface area contributed by atoms with Gasteiger partial charge in [0.25, 0.3) is 5.91 Å². The molecule has 2 aromatic rings. The Labute approximate surface area is 127 Å². The zero-order valence-electron chi connectivity index (χ0n) is 10.9. The first-order valence-corrected chi connectivity index (χ1v) is 6.71. The van der Waals surface area contributed by atoms with Crippen molar-refractivity contribution in [1.29, 1.82) is 0 Å². The molecule has 1 N–H and O–H groups in total. The predicted molar refractivity (Wildman–Crippen MR) is 75.1 cm³/mol. The third kappa shape index (κ3) is 4.07. The molecule has 0 saturated carbocycles. The monoisotopic (exact) mass is 361 g/mol. The molecule has 0 spiro atoms. The van der Waals surface area contributed by atoms with Crippen LogP contribution in [-0.2, 0) is 6.54 Å². The van der Waals surface area contributed by atoms with E-state index in [0.717, 1.165) is 14.6 Å². The molecule has 0 aromatic carbocycles. The van der Waals surface area contributed by atoms with Crippen molar-refractivity contribution in [2.75, 3.05) is 5.32 Å². The van der Waals surface area contributed by atoms with Crippen LogP contribution in [0.25, 0.3) is 0 Å². The molecule has 21 heavy (non-hydrogen) atoms. The Kier molecular flexibility index (Phi) is 4.36. The van der Waals surface area contributed by atoms with Crippen LogP contribution in [0.5, 0.6) is 0 Å². The molecular weight excluding hydrogens is 351 g/mol. The van der Waals surface area contributed by atoms with Crippen LogP contribution in [0, 0.1) is 6.92 Å². The first kappa shape index (κ1) is 15.6. The molecule has 2 rings (SSSR count). The second-order valence-electron chi connectivity index (χ2n) is 4.41. The van der Waals surface area contributed by atoms with Gasteiger partial charge in [-0.3, -0.25) is 4.79 Å². The number of hydrogen-bond donors (Lipinski definition) is 1. The molecule has 0 fully saturated rings. The van der Waals surface area contributed by atoms with Gasteiger partial charge in [0.2, 0.25) is 0 Å². The second kappa shape index (κ2) is 5.88. The van der Waals surface area contributed by atoms with Crippen molar-refractivity contribution in [2.24, 2.45) is 0 Å². The van der Waals surface area contributed by atoms with Gasteiger partial charge in [0.05, 0.1) is 0 Å². The van der Waals surface area contributed by atoms with E-state index in [9.17, 15) is 18.0 Å². The van der Waals surface area contributed by atoms with Crippen molar-refractivity contribution < 1.29 is 18.0 Å². The third-order valence-electron chi connectivity index (χ3n) is 2.70. The van der Waals surface area contributed by atoms with Crippen molar-refractivity contribution in [3.05, 3.63) is 46.3 Å². The van der Waals surface area contributed by atoms with Crippen LogP contribution in [0.4, 0.5) is 19.0 Å². The Balaban J connectivity index is 2.17. The van der Waals surface area contributed by atoms with Crippen molar-refractivity contribution >= 4 is 27.7 Å². The highest BCUT2D eigenvalue weighted by Crippen LogP contribution is 2.20. The van der Waals surface area contributed by atoms with E-state index in [-0.39, 0.29) is 11.5 Å². The van der Waals surface area contributed by atoms with Crippen LogP contribution in [0.3, 0.4) is 0 Å². The minimum atomic E-state index is -4.39. The van der Waals surface area contributed by atoms with E-state index in [1.807, 2.05) is 6.92 Å². The SMILES string of the molecule is Cc1cc(NC(=O)c2cccn2CC(F)(F)F)ncc1Br. The van der Waals surface area contributed by atoms with E-state index in [1.165, 1.54) is 24.5 Å². The van der Waals surface area contributed by atoms with Gasteiger partial charge in [0.15, 0.2) is 0 Å². The predicted octanol–water partition coefficient (Wildman–Crippen LogP) is 3.77. The van der Waals surface area contributed by atoms with Gasteiger partial charge < -0.3 is 9.88 Å². The van der Waals surface area contributed by atoms with Crippen LogP contribution < -0.4 is 5.32 Å². The van der Waals surface area contributed by atoms with Crippen LogP contribution in [-0.4, -0.2) is 21.6 Å². The summed E-state index contributed by atoms with van der Waals surface area (Å²) in [5.41, 5.74) is 0.778. The fourth-order valence-electron chi connectivity index (χ4n) is 1.74. The summed E-state index contributed by atoms with van der Waals surface area (Å²) in [5, 5.41) is 2.48. The van der Waals surface area contributed by atoms with Gasteiger partial charge in [-0.25, -0.2) is 4.98 Å².